The van der Waals surface area contributed by atoms with Gasteiger partial charge in [0.05, 0.1) is 6.54 Å². The molecule has 0 aliphatic carbocycles. The first-order chi connectivity index (χ1) is 8.67. The van der Waals surface area contributed by atoms with E-state index in [2.05, 4.69) is 38.1 Å². The minimum Gasteiger partial charge on any atom is -0.357 e. The molecular formula is C13H17BrFN3. The smallest absolute Gasteiger partial charge is 0.191 e. The summed E-state index contributed by atoms with van der Waals surface area (Å²) in [6.07, 6.45) is 1.75. The summed E-state index contributed by atoms with van der Waals surface area (Å²) in [6.45, 7) is 7.44. The fourth-order valence-corrected chi connectivity index (χ4v) is 1.71. The predicted octanol–water partition coefficient (Wildman–Crippen LogP) is 2.83. The van der Waals surface area contributed by atoms with E-state index in [-0.39, 0.29) is 5.82 Å². The molecule has 0 aromatic heterocycles. The van der Waals surface area contributed by atoms with E-state index in [0.29, 0.717) is 19.0 Å². The van der Waals surface area contributed by atoms with Crippen LogP contribution in [0.2, 0.25) is 0 Å². The molecule has 0 saturated carbocycles. The number of hydrogen-bond donors (Lipinski definition) is 2. The Morgan fingerprint density at radius 2 is 2.28 bits per heavy atom. The molecular weight excluding hydrogens is 297 g/mol. The lowest BCUT2D eigenvalue weighted by Crippen LogP contribution is -2.37. The van der Waals surface area contributed by atoms with Gasteiger partial charge in [-0.15, -0.1) is 6.58 Å². The van der Waals surface area contributed by atoms with Gasteiger partial charge in [-0.25, -0.2) is 9.38 Å². The summed E-state index contributed by atoms with van der Waals surface area (Å²) in [5.74, 6) is 0.431. The summed E-state index contributed by atoms with van der Waals surface area (Å²) in [5, 5.41) is 6.19. The van der Waals surface area contributed by atoms with Gasteiger partial charge >= 0.3 is 0 Å². The van der Waals surface area contributed by atoms with Crippen LogP contribution in [0, 0.1) is 5.82 Å². The van der Waals surface area contributed by atoms with Gasteiger partial charge in [0.2, 0.25) is 0 Å². The van der Waals surface area contributed by atoms with Crippen molar-refractivity contribution in [3.8, 4) is 0 Å². The zero-order valence-corrected chi connectivity index (χ0v) is 11.9. The maximum Gasteiger partial charge on any atom is 0.191 e. The van der Waals surface area contributed by atoms with E-state index < -0.39 is 0 Å². The average Bonchev–Trinajstić information content (AvgIpc) is 2.36. The van der Waals surface area contributed by atoms with Crippen molar-refractivity contribution < 1.29 is 4.39 Å². The van der Waals surface area contributed by atoms with Gasteiger partial charge in [0.1, 0.15) is 5.82 Å². The van der Waals surface area contributed by atoms with Crippen LogP contribution in [0.3, 0.4) is 0 Å². The lowest BCUT2D eigenvalue weighted by Gasteiger charge is -2.09. The van der Waals surface area contributed by atoms with E-state index in [1.807, 2.05) is 6.92 Å². The van der Waals surface area contributed by atoms with E-state index in [1.54, 1.807) is 12.1 Å². The van der Waals surface area contributed by atoms with Crippen molar-refractivity contribution in [3.05, 3.63) is 46.7 Å². The molecule has 18 heavy (non-hydrogen) atoms. The quantitative estimate of drug-likeness (QED) is 0.498. The lowest BCUT2D eigenvalue weighted by molar-refractivity contribution is 0.625. The van der Waals surface area contributed by atoms with Gasteiger partial charge in [0.15, 0.2) is 5.96 Å². The van der Waals surface area contributed by atoms with Gasteiger partial charge < -0.3 is 10.6 Å². The zero-order valence-electron chi connectivity index (χ0n) is 10.3. The maximum absolute atomic E-state index is 13.1. The number of nitrogens with zero attached hydrogens (tertiary/aromatic N) is 1. The third-order valence-electron chi connectivity index (χ3n) is 2.17. The maximum atomic E-state index is 13.1. The van der Waals surface area contributed by atoms with Crippen LogP contribution in [0.25, 0.3) is 0 Å². The number of hydrogen-bond acceptors (Lipinski definition) is 1. The monoisotopic (exact) mass is 313 g/mol. The third kappa shape index (κ3) is 4.87. The molecule has 0 aliphatic rings. The molecule has 0 saturated heterocycles. The fraction of sp³-hybridized carbons (Fsp3) is 0.308. The molecule has 0 heterocycles. The highest BCUT2D eigenvalue weighted by Crippen LogP contribution is 2.18. The number of halogens is 2. The third-order valence-corrected chi connectivity index (χ3v) is 2.95. The largest absolute Gasteiger partial charge is 0.357 e. The normalized spacial score (nSPS) is 11.2. The molecule has 1 rings (SSSR count). The molecule has 0 bridgehead atoms. The van der Waals surface area contributed by atoms with E-state index in [4.69, 9.17) is 0 Å². The van der Waals surface area contributed by atoms with Gasteiger partial charge in [-0.3, -0.25) is 0 Å². The molecule has 0 amide bonds. The summed E-state index contributed by atoms with van der Waals surface area (Å²) in [4.78, 5) is 4.37. The molecule has 0 spiro atoms. The highest BCUT2D eigenvalue weighted by atomic mass is 79.9. The van der Waals surface area contributed by atoms with Crippen LogP contribution in [-0.2, 0) is 6.54 Å². The summed E-state index contributed by atoms with van der Waals surface area (Å²) >= 11 is 3.38. The summed E-state index contributed by atoms with van der Waals surface area (Å²) < 4.78 is 14.0. The molecule has 0 radical (unpaired) electrons. The molecule has 0 aliphatic heterocycles. The fourth-order valence-electron chi connectivity index (χ4n) is 1.34. The Morgan fingerprint density at radius 1 is 1.50 bits per heavy atom. The number of aliphatic imine (C=N–C) groups is 1. The molecule has 1 aromatic carbocycles. The first-order valence-corrected chi connectivity index (χ1v) is 6.53. The molecule has 98 valence electrons. The van der Waals surface area contributed by atoms with E-state index in [9.17, 15) is 4.39 Å². The van der Waals surface area contributed by atoms with Gasteiger partial charge in [0, 0.05) is 17.6 Å². The molecule has 5 heteroatoms. The Labute approximate surface area is 115 Å². The van der Waals surface area contributed by atoms with Crippen LogP contribution >= 0.6 is 15.9 Å². The van der Waals surface area contributed by atoms with Crippen molar-refractivity contribution in [2.24, 2.45) is 4.99 Å². The minimum absolute atomic E-state index is 0.257. The van der Waals surface area contributed by atoms with Gasteiger partial charge in [-0.2, -0.15) is 0 Å². The van der Waals surface area contributed by atoms with Gasteiger partial charge in [-0.1, -0.05) is 22.0 Å². The van der Waals surface area contributed by atoms with Crippen LogP contribution < -0.4 is 10.6 Å². The first kappa shape index (κ1) is 14.7. The molecule has 0 fully saturated rings. The predicted molar refractivity (Wildman–Crippen MR) is 77.1 cm³/mol. The molecule has 2 N–H and O–H groups in total. The minimum atomic E-state index is -0.257. The number of benzene rings is 1. The van der Waals surface area contributed by atoms with Gasteiger partial charge in [0.25, 0.3) is 0 Å². The Morgan fingerprint density at radius 3 is 2.94 bits per heavy atom. The summed E-state index contributed by atoms with van der Waals surface area (Å²) in [6, 6.07) is 4.58. The molecule has 0 unspecified atom stereocenters. The van der Waals surface area contributed by atoms with E-state index in [0.717, 1.165) is 16.6 Å². The van der Waals surface area contributed by atoms with Crippen LogP contribution in [0.15, 0.2) is 40.3 Å². The molecule has 0 atom stereocenters. The van der Waals surface area contributed by atoms with Crippen molar-refractivity contribution in [1.82, 2.24) is 10.6 Å². The van der Waals surface area contributed by atoms with Crippen molar-refractivity contribution >= 4 is 21.9 Å². The Balaban J connectivity index is 2.73. The lowest BCUT2D eigenvalue weighted by atomic mass is 10.2. The van der Waals surface area contributed by atoms with Crippen molar-refractivity contribution in [1.29, 1.82) is 0 Å². The van der Waals surface area contributed by atoms with E-state index in [1.165, 1.54) is 12.1 Å². The molecule has 1 aromatic rings. The molecule has 3 nitrogen and oxygen atoms in total. The van der Waals surface area contributed by atoms with Crippen LogP contribution in [0.5, 0.6) is 0 Å². The summed E-state index contributed by atoms with van der Waals surface area (Å²) in [7, 11) is 0. The van der Waals surface area contributed by atoms with Crippen LogP contribution in [0.4, 0.5) is 4.39 Å². The van der Waals surface area contributed by atoms with Gasteiger partial charge in [-0.05, 0) is 30.7 Å². The number of nitrogens with one attached hydrogen (secondary N) is 2. The van der Waals surface area contributed by atoms with E-state index >= 15 is 0 Å². The average molecular weight is 314 g/mol. The van der Waals surface area contributed by atoms with Crippen LogP contribution in [0.1, 0.15) is 12.5 Å². The van der Waals surface area contributed by atoms with Crippen molar-refractivity contribution in [3.63, 3.8) is 0 Å². The summed E-state index contributed by atoms with van der Waals surface area (Å²) in [5.41, 5.74) is 0.811. The Kier molecular flexibility index (Phi) is 6.43. The number of rotatable bonds is 5. The SMILES string of the molecule is C=CCNC(=NCc1cc(F)ccc1Br)NCC. The Bertz CT molecular complexity index is 432. The second-order valence-electron chi connectivity index (χ2n) is 3.60. The Hall–Kier alpha value is -1.36. The van der Waals surface area contributed by atoms with Crippen molar-refractivity contribution in [2.75, 3.05) is 13.1 Å². The van der Waals surface area contributed by atoms with Crippen LogP contribution in [-0.4, -0.2) is 19.0 Å². The highest BCUT2D eigenvalue weighted by Gasteiger charge is 2.02. The standard InChI is InChI=1S/C13H17BrFN3/c1-3-7-17-13(16-4-2)18-9-10-8-11(15)5-6-12(10)14/h3,5-6,8H,1,4,7,9H2,2H3,(H2,16,17,18). The van der Waals surface area contributed by atoms with Crippen molar-refractivity contribution in [2.45, 2.75) is 13.5 Å². The highest BCUT2D eigenvalue weighted by molar-refractivity contribution is 9.10. The second kappa shape index (κ2) is 7.87. The first-order valence-electron chi connectivity index (χ1n) is 5.74. The second-order valence-corrected chi connectivity index (χ2v) is 4.45. The number of guanidine groups is 1. The topological polar surface area (TPSA) is 36.4 Å². The zero-order chi connectivity index (χ0) is 13.4.